The van der Waals surface area contributed by atoms with Crippen LogP contribution in [0.2, 0.25) is 5.02 Å². The summed E-state index contributed by atoms with van der Waals surface area (Å²) in [6.45, 7) is 2.24. The number of aromatic nitrogens is 3. The Kier molecular flexibility index (Phi) is 7.83. The summed E-state index contributed by atoms with van der Waals surface area (Å²) in [5.41, 5.74) is 7.98. The van der Waals surface area contributed by atoms with Crippen LogP contribution in [-0.2, 0) is 4.74 Å². The van der Waals surface area contributed by atoms with Gasteiger partial charge in [-0.2, -0.15) is 10.1 Å². The first-order valence-corrected chi connectivity index (χ1v) is 13.7. The smallest absolute Gasteiger partial charge is 0.245 e. The number of nitrogens with one attached hydrogen (secondary N) is 2. The van der Waals surface area contributed by atoms with Gasteiger partial charge in [-0.1, -0.05) is 35.9 Å². The second-order valence-electron chi connectivity index (χ2n) is 9.98. The summed E-state index contributed by atoms with van der Waals surface area (Å²) in [5.74, 6) is 1.09. The molecular weight excluding hydrogens is 529 g/mol. The number of anilines is 4. The van der Waals surface area contributed by atoms with Gasteiger partial charge in [-0.05, 0) is 72.2 Å². The molecule has 2 fully saturated rings. The van der Waals surface area contributed by atoms with Gasteiger partial charge in [-0.15, -0.1) is 0 Å². The lowest BCUT2D eigenvalue weighted by molar-refractivity contribution is 0.122. The van der Waals surface area contributed by atoms with Gasteiger partial charge in [0.1, 0.15) is 0 Å². The number of nitrogens with zero attached hydrogens (tertiary/aromatic N) is 5. The van der Waals surface area contributed by atoms with Crippen molar-refractivity contribution in [2.75, 3.05) is 41.9 Å². The van der Waals surface area contributed by atoms with Crippen molar-refractivity contribution in [1.82, 2.24) is 15.0 Å². The number of hydrogen-bond donors (Lipinski definition) is 2. The molecule has 0 unspecified atom stereocenters. The summed E-state index contributed by atoms with van der Waals surface area (Å²) in [4.78, 5) is 14.5. The Bertz CT molecular complexity index is 1490. The summed E-state index contributed by atoms with van der Waals surface area (Å²) in [5, 5.41) is 8.41. The third kappa shape index (κ3) is 6.21. The Morgan fingerprint density at radius 2 is 1.70 bits per heavy atom. The number of hydrogen-bond acceptors (Lipinski definition) is 8. The van der Waals surface area contributed by atoms with Crippen LogP contribution in [0.4, 0.5) is 27.5 Å². The number of rotatable bonds is 8. The van der Waals surface area contributed by atoms with E-state index in [0.717, 1.165) is 35.4 Å². The molecule has 1 aliphatic heterocycles. The monoisotopic (exact) mass is 557 g/mol. The molecule has 0 amide bonds. The van der Waals surface area contributed by atoms with Crippen LogP contribution in [0.1, 0.15) is 41.5 Å². The summed E-state index contributed by atoms with van der Waals surface area (Å²) in [6.07, 6.45) is 6.73. The second kappa shape index (κ2) is 12.0. The van der Waals surface area contributed by atoms with Crippen molar-refractivity contribution in [2.45, 2.75) is 24.7 Å². The normalized spacial score (nSPS) is 18.9. The number of benzene rings is 2. The quantitative estimate of drug-likeness (QED) is 0.193. The molecule has 6 rings (SSSR count). The SMILES string of the molecule is Fc1cnc(N/N=C/c2ccc(Nc3cccc(C4CC(c5cccc(Cl)c5)C4)c3)cn2)nc1N1CCOCC1. The molecule has 1 saturated heterocycles. The molecule has 4 aromatic rings. The summed E-state index contributed by atoms with van der Waals surface area (Å²) in [6, 6.07) is 20.6. The minimum atomic E-state index is -0.471. The largest absolute Gasteiger partial charge is 0.378 e. The molecule has 2 aliphatic rings. The topological polar surface area (TPSA) is 87.6 Å². The fraction of sp³-hybridized carbons (Fsp3) is 0.267. The molecule has 3 heterocycles. The molecule has 8 nitrogen and oxygen atoms in total. The predicted molar refractivity (Wildman–Crippen MR) is 156 cm³/mol. The van der Waals surface area contributed by atoms with Crippen molar-refractivity contribution in [3.63, 3.8) is 0 Å². The Labute approximate surface area is 237 Å². The molecule has 204 valence electrons. The molecular formula is C30H29ClFN7O. The molecule has 10 heteroatoms. The van der Waals surface area contributed by atoms with E-state index in [1.54, 1.807) is 12.4 Å². The molecule has 2 aromatic heterocycles. The van der Waals surface area contributed by atoms with E-state index in [2.05, 4.69) is 67.2 Å². The van der Waals surface area contributed by atoms with Gasteiger partial charge < -0.3 is 15.0 Å². The van der Waals surface area contributed by atoms with Crippen LogP contribution in [0, 0.1) is 5.82 Å². The molecule has 0 spiro atoms. The average molecular weight is 558 g/mol. The lowest BCUT2D eigenvalue weighted by Gasteiger charge is -2.36. The third-order valence-corrected chi connectivity index (χ3v) is 7.52. The van der Waals surface area contributed by atoms with Crippen molar-refractivity contribution in [1.29, 1.82) is 0 Å². The number of halogens is 2. The van der Waals surface area contributed by atoms with E-state index >= 15 is 0 Å². The van der Waals surface area contributed by atoms with Crippen molar-refractivity contribution in [3.05, 3.63) is 101 Å². The van der Waals surface area contributed by atoms with E-state index in [4.69, 9.17) is 16.3 Å². The highest BCUT2D eigenvalue weighted by Crippen LogP contribution is 2.48. The van der Waals surface area contributed by atoms with Gasteiger partial charge in [-0.25, -0.2) is 14.8 Å². The molecule has 0 atom stereocenters. The zero-order chi connectivity index (χ0) is 27.3. The van der Waals surface area contributed by atoms with Gasteiger partial charge >= 0.3 is 0 Å². The van der Waals surface area contributed by atoms with Crippen LogP contribution in [0.3, 0.4) is 0 Å². The number of morpholine rings is 1. The zero-order valence-electron chi connectivity index (χ0n) is 21.8. The molecule has 40 heavy (non-hydrogen) atoms. The highest BCUT2D eigenvalue weighted by Gasteiger charge is 2.31. The van der Waals surface area contributed by atoms with E-state index < -0.39 is 5.82 Å². The first-order valence-electron chi connectivity index (χ1n) is 13.3. The van der Waals surface area contributed by atoms with Crippen molar-refractivity contribution < 1.29 is 9.13 Å². The van der Waals surface area contributed by atoms with E-state index in [1.165, 1.54) is 11.1 Å². The Morgan fingerprint density at radius 1 is 0.925 bits per heavy atom. The molecule has 2 N–H and O–H groups in total. The minimum Gasteiger partial charge on any atom is -0.378 e. The van der Waals surface area contributed by atoms with Gasteiger partial charge in [0.05, 0.1) is 43.2 Å². The first kappa shape index (κ1) is 26.2. The van der Waals surface area contributed by atoms with Gasteiger partial charge in [0.15, 0.2) is 11.6 Å². The highest BCUT2D eigenvalue weighted by atomic mass is 35.5. The van der Waals surface area contributed by atoms with Crippen LogP contribution < -0.4 is 15.6 Å². The lowest BCUT2D eigenvalue weighted by Crippen LogP contribution is -2.37. The van der Waals surface area contributed by atoms with Crippen LogP contribution in [0.15, 0.2) is 78.2 Å². The van der Waals surface area contributed by atoms with Crippen LogP contribution >= 0.6 is 11.6 Å². The molecule has 2 aromatic carbocycles. The zero-order valence-corrected chi connectivity index (χ0v) is 22.6. The third-order valence-electron chi connectivity index (χ3n) is 7.29. The molecule has 0 bridgehead atoms. The van der Waals surface area contributed by atoms with E-state index in [1.807, 2.05) is 29.2 Å². The van der Waals surface area contributed by atoms with Gasteiger partial charge in [0, 0.05) is 23.8 Å². The Balaban J connectivity index is 1.03. The summed E-state index contributed by atoms with van der Waals surface area (Å²) in [7, 11) is 0. The lowest BCUT2D eigenvalue weighted by atomic mass is 9.68. The maximum atomic E-state index is 14.2. The van der Waals surface area contributed by atoms with Gasteiger partial charge in [-0.3, -0.25) is 4.98 Å². The van der Waals surface area contributed by atoms with Crippen molar-refractivity contribution in [3.8, 4) is 0 Å². The van der Waals surface area contributed by atoms with Crippen LogP contribution in [0.5, 0.6) is 0 Å². The van der Waals surface area contributed by atoms with Gasteiger partial charge in [0.25, 0.3) is 0 Å². The maximum absolute atomic E-state index is 14.2. The molecule has 1 saturated carbocycles. The number of hydrazone groups is 1. The first-order chi connectivity index (χ1) is 19.6. The highest BCUT2D eigenvalue weighted by molar-refractivity contribution is 6.30. The summed E-state index contributed by atoms with van der Waals surface area (Å²) >= 11 is 6.17. The van der Waals surface area contributed by atoms with Crippen molar-refractivity contribution in [2.24, 2.45) is 5.10 Å². The minimum absolute atomic E-state index is 0.211. The van der Waals surface area contributed by atoms with Crippen LogP contribution in [0.25, 0.3) is 0 Å². The predicted octanol–water partition coefficient (Wildman–Crippen LogP) is 6.35. The second-order valence-corrected chi connectivity index (χ2v) is 10.4. The average Bonchev–Trinajstić information content (AvgIpc) is 2.95. The maximum Gasteiger partial charge on any atom is 0.245 e. The number of ether oxygens (including phenoxy) is 1. The number of pyridine rings is 1. The fourth-order valence-electron chi connectivity index (χ4n) is 5.08. The van der Waals surface area contributed by atoms with Crippen LogP contribution in [-0.4, -0.2) is 47.5 Å². The van der Waals surface area contributed by atoms with E-state index in [0.29, 0.717) is 43.8 Å². The Morgan fingerprint density at radius 3 is 2.45 bits per heavy atom. The van der Waals surface area contributed by atoms with Gasteiger partial charge in [0.2, 0.25) is 5.95 Å². The fourth-order valence-corrected chi connectivity index (χ4v) is 5.28. The summed E-state index contributed by atoms with van der Waals surface area (Å²) < 4.78 is 19.5. The molecule has 0 radical (unpaired) electrons. The van der Waals surface area contributed by atoms with E-state index in [-0.39, 0.29) is 11.8 Å². The van der Waals surface area contributed by atoms with Crippen molar-refractivity contribution >= 4 is 41.0 Å². The Hall–Kier alpha value is -4.08. The standard InChI is InChI=1S/C30H29ClFN7O/c31-24-5-1-3-20(15-24)22-13-23(14-22)21-4-2-6-25(16-21)36-27-8-7-26(33-17-27)18-35-38-30-34-19-28(32)29(37-30)39-9-11-40-12-10-39/h1-8,15-19,22-23,36H,9-14H2,(H,34,37,38)/b35-18+. The van der Waals surface area contributed by atoms with E-state index in [9.17, 15) is 4.39 Å². The molecule has 1 aliphatic carbocycles.